The second kappa shape index (κ2) is 7.44. The van der Waals surface area contributed by atoms with Crippen LogP contribution in [0.2, 0.25) is 5.02 Å². The number of rotatable bonds is 2. The van der Waals surface area contributed by atoms with Gasteiger partial charge in [0.1, 0.15) is 0 Å². The van der Waals surface area contributed by atoms with Crippen molar-refractivity contribution < 1.29 is 11.0 Å². The molecular weight excluding hydrogens is 268 g/mol. The summed E-state index contributed by atoms with van der Waals surface area (Å²) in [6.07, 6.45) is 2.09. The van der Waals surface area contributed by atoms with E-state index in [1.54, 1.807) is 11.8 Å². The topological polar surface area (TPSA) is 63.0 Å². The van der Waals surface area contributed by atoms with Gasteiger partial charge in [-0.25, -0.2) is 0 Å². The van der Waals surface area contributed by atoms with E-state index in [1.165, 1.54) is 21.6 Å². The summed E-state index contributed by atoms with van der Waals surface area (Å²) in [5.74, 6) is 0. The van der Waals surface area contributed by atoms with Crippen molar-refractivity contribution in [3.8, 4) is 11.1 Å². The van der Waals surface area contributed by atoms with Crippen LogP contribution in [0, 0.1) is 6.92 Å². The van der Waals surface area contributed by atoms with Gasteiger partial charge in [0.05, 0.1) is 0 Å². The monoisotopic (exact) mass is 284 g/mol. The molecular formula is C14H17ClO2S. The van der Waals surface area contributed by atoms with E-state index in [-0.39, 0.29) is 11.0 Å². The summed E-state index contributed by atoms with van der Waals surface area (Å²) >= 11 is 7.72. The molecule has 2 nitrogen and oxygen atoms in total. The lowest BCUT2D eigenvalue weighted by molar-refractivity contribution is 0.823. The Morgan fingerprint density at radius 1 is 1.00 bits per heavy atom. The van der Waals surface area contributed by atoms with Crippen LogP contribution in [0.15, 0.2) is 47.4 Å². The lowest BCUT2D eigenvalue weighted by Crippen LogP contribution is -1.83. The molecule has 0 saturated heterocycles. The van der Waals surface area contributed by atoms with Gasteiger partial charge in [-0.2, -0.15) is 0 Å². The van der Waals surface area contributed by atoms with E-state index in [0.717, 1.165) is 5.02 Å². The smallest absolute Gasteiger partial charge is 0.0409 e. The van der Waals surface area contributed by atoms with Gasteiger partial charge in [0.2, 0.25) is 0 Å². The molecule has 0 aliphatic rings. The lowest BCUT2D eigenvalue weighted by atomic mass is 10.0. The number of thioether (sulfide) groups is 1. The zero-order chi connectivity index (χ0) is 11.5. The standard InChI is InChI=1S/C14H13ClS.2H2O/c1-10-8-12(15)6-7-14(10)11-4-3-5-13(9-11)16-2;;/h3-9H,1-2H3;2*1H2. The normalized spacial score (nSPS) is 9.28. The maximum Gasteiger partial charge on any atom is 0.0409 e. The van der Waals surface area contributed by atoms with Gasteiger partial charge < -0.3 is 11.0 Å². The Morgan fingerprint density at radius 2 is 1.72 bits per heavy atom. The van der Waals surface area contributed by atoms with Gasteiger partial charge in [-0.3, -0.25) is 0 Å². The van der Waals surface area contributed by atoms with Crippen molar-refractivity contribution in [1.82, 2.24) is 0 Å². The highest BCUT2D eigenvalue weighted by atomic mass is 35.5. The first-order chi connectivity index (χ1) is 7.70. The Hall–Kier alpha value is -1.00. The van der Waals surface area contributed by atoms with Gasteiger partial charge in [-0.15, -0.1) is 11.8 Å². The van der Waals surface area contributed by atoms with Crippen LogP contribution in [0.3, 0.4) is 0 Å². The van der Waals surface area contributed by atoms with Crippen LogP contribution in [-0.4, -0.2) is 17.2 Å². The minimum atomic E-state index is 0. The molecule has 98 valence electrons. The zero-order valence-electron chi connectivity index (χ0n) is 10.3. The van der Waals surface area contributed by atoms with Crippen LogP contribution in [-0.2, 0) is 0 Å². The molecule has 4 heteroatoms. The fourth-order valence-corrected chi connectivity index (χ4v) is 2.43. The minimum Gasteiger partial charge on any atom is -0.412 e. The van der Waals surface area contributed by atoms with Crippen LogP contribution in [0.1, 0.15) is 5.56 Å². The van der Waals surface area contributed by atoms with Crippen LogP contribution in [0.4, 0.5) is 0 Å². The van der Waals surface area contributed by atoms with E-state index in [4.69, 9.17) is 11.6 Å². The van der Waals surface area contributed by atoms with Crippen LogP contribution in [0.25, 0.3) is 11.1 Å². The zero-order valence-corrected chi connectivity index (χ0v) is 11.9. The first kappa shape index (κ1) is 17.0. The quantitative estimate of drug-likeness (QED) is 0.780. The molecule has 0 bridgehead atoms. The van der Waals surface area contributed by atoms with E-state index in [2.05, 4.69) is 43.5 Å². The third kappa shape index (κ3) is 3.75. The van der Waals surface area contributed by atoms with Crippen LogP contribution >= 0.6 is 23.4 Å². The molecule has 2 rings (SSSR count). The van der Waals surface area contributed by atoms with E-state index >= 15 is 0 Å². The molecule has 0 fully saturated rings. The molecule has 0 saturated carbocycles. The summed E-state index contributed by atoms with van der Waals surface area (Å²) in [5, 5.41) is 0.794. The fraction of sp³-hybridized carbons (Fsp3) is 0.143. The van der Waals surface area contributed by atoms with Gasteiger partial charge in [-0.1, -0.05) is 29.8 Å². The number of hydrogen-bond donors (Lipinski definition) is 0. The van der Waals surface area contributed by atoms with Crippen molar-refractivity contribution in [2.24, 2.45) is 0 Å². The number of aryl methyl sites for hydroxylation is 1. The molecule has 0 radical (unpaired) electrons. The average molecular weight is 285 g/mol. The average Bonchev–Trinajstić information content (AvgIpc) is 2.29. The van der Waals surface area contributed by atoms with Gasteiger partial charge in [0, 0.05) is 9.92 Å². The van der Waals surface area contributed by atoms with Gasteiger partial charge in [-0.05, 0) is 54.1 Å². The van der Waals surface area contributed by atoms with Crippen LogP contribution < -0.4 is 0 Å². The Bertz CT molecular complexity index is 515. The highest BCUT2D eigenvalue weighted by molar-refractivity contribution is 7.98. The maximum atomic E-state index is 5.96. The SMILES string of the molecule is CSc1cccc(-c2ccc(Cl)cc2C)c1.O.O. The highest BCUT2D eigenvalue weighted by Gasteiger charge is 2.03. The molecule has 4 N–H and O–H groups in total. The summed E-state index contributed by atoms with van der Waals surface area (Å²) in [7, 11) is 0. The Labute approximate surface area is 117 Å². The summed E-state index contributed by atoms with van der Waals surface area (Å²) in [5.41, 5.74) is 3.71. The number of benzene rings is 2. The molecule has 0 amide bonds. The summed E-state index contributed by atoms with van der Waals surface area (Å²) in [4.78, 5) is 1.28. The van der Waals surface area contributed by atoms with Gasteiger partial charge in [0.15, 0.2) is 0 Å². The summed E-state index contributed by atoms with van der Waals surface area (Å²) < 4.78 is 0. The fourth-order valence-electron chi connectivity index (χ4n) is 1.74. The molecule has 2 aromatic carbocycles. The molecule has 0 aliphatic heterocycles. The second-order valence-electron chi connectivity index (χ2n) is 3.69. The van der Waals surface area contributed by atoms with Crippen molar-refractivity contribution >= 4 is 23.4 Å². The first-order valence-electron chi connectivity index (χ1n) is 5.11. The van der Waals surface area contributed by atoms with E-state index < -0.39 is 0 Å². The maximum absolute atomic E-state index is 5.96. The number of halogens is 1. The first-order valence-corrected chi connectivity index (χ1v) is 6.71. The Kier molecular flexibility index (Phi) is 7.02. The molecule has 18 heavy (non-hydrogen) atoms. The Morgan fingerprint density at radius 3 is 2.33 bits per heavy atom. The molecule has 0 aromatic heterocycles. The Balaban J connectivity index is 0.00000144. The third-order valence-electron chi connectivity index (χ3n) is 2.57. The molecule has 2 aromatic rings. The molecule has 0 heterocycles. The van der Waals surface area contributed by atoms with Crippen molar-refractivity contribution in [2.45, 2.75) is 11.8 Å². The lowest BCUT2D eigenvalue weighted by Gasteiger charge is -2.07. The second-order valence-corrected chi connectivity index (χ2v) is 5.01. The van der Waals surface area contributed by atoms with Crippen molar-refractivity contribution in [1.29, 1.82) is 0 Å². The largest absolute Gasteiger partial charge is 0.412 e. The van der Waals surface area contributed by atoms with Crippen molar-refractivity contribution in [3.63, 3.8) is 0 Å². The predicted octanol–water partition coefficient (Wildman–Crippen LogP) is 3.39. The highest BCUT2D eigenvalue weighted by Crippen LogP contribution is 2.28. The molecule has 0 aliphatic carbocycles. The predicted molar refractivity (Wildman–Crippen MR) is 80.6 cm³/mol. The van der Waals surface area contributed by atoms with E-state index in [0.29, 0.717) is 0 Å². The van der Waals surface area contributed by atoms with Gasteiger partial charge in [0.25, 0.3) is 0 Å². The summed E-state index contributed by atoms with van der Waals surface area (Å²) in [6.45, 7) is 2.09. The summed E-state index contributed by atoms with van der Waals surface area (Å²) in [6, 6.07) is 14.6. The van der Waals surface area contributed by atoms with Crippen LogP contribution in [0.5, 0.6) is 0 Å². The van der Waals surface area contributed by atoms with E-state index in [1.807, 2.05) is 12.1 Å². The molecule has 0 atom stereocenters. The minimum absolute atomic E-state index is 0. The molecule has 0 spiro atoms. The van der Waals surface area contributed by atoms with Crippen molar-refractivity contribution in [3.05, 3.63) is 53.1 Å². The van der Waals surface area contributed by atoms with Gasteiger partial charge >= 0.3 is 0 Å². The van der Waals surface area contributed by atoms with E-state index in [9.17, 15) is 0 Å². The third-order valence-corrected chi connectivity index (χ3v) is 3.53. The van der Waals surface area contributed by atoms with Crippen molar-refractivity contribution in [2.75, 3.05) is 6.26 Å². The molecule has 0 unspecified atom stereocenters. The number of hydrogen-bond acceptors (Lipinski definition) is 1.